The van der Waals surface area contributed by atoms with Gasteiger partial charge >= 0.3 is 11.9 Å². The van der Waals surface area contributed by atoms with E-state index in [1.807, 2.05) is 0 Å². The second-order valence-corrected chi connectivity index (χ2v) is 11.9. The van der Waals surface area contributed by atoms with Crippen molar-refractivity contribution < 1.29 is 19.1 Å². The molecule has 0 aromatic heterocycles. The maximum absolute atomic E-state index is 12.8. The first-order valence-corrected chi connectivity index (χ1v) is 13.1. The van der Waals surface area contributed by atoms with Crippen molar-refractivity contribution in [2.75, 3.05) is 14.2 Å². The van der Waals surface area contributed by atoms with E-state index in [2.05, 4.69) is 39.9 Å². The van der Waals surface area contributed by atoms with Gasteiger partial charge in [-0.05, 0) is 37.7 Å². The molecule has 0 aliphatic carbocycles. The SMILES string of the molecule is CCCCC1=C/C(=C(\CC)CCCC)[Si](C)(C)C(C(=O)OC)=C1C(=O)OC. The van der Waals surface area contributed by atoms with Crippen molar-refractivity contribution in [2.24, 2.45) is 0 Å². The van der Waals surface area contributed by atoms with Gasteiger partial charge in [-0.15, -0.1) is 0 Å². The Bertz CT molecular complexity index is 653. The second-order valence-electron chi connectivity index (χ2n) is 7.61. The number of allylic oxidation sites excluding steroid dienone is 3. The summed E-state index contributed by atoms with van der Waals surface area (Å²) in [5, 5.41) is 1.85. The molecule has 0 aromatic rings. The fourth-order valence-corrected chi connectivity index (χ4v) is 7.32. The van der Waals surface area contributed by atoms with E-state index in [1.54, 1.807) is 0 Å². The normalized spacial score (nSPS) is 18.1. The number of carbonyl (C=O) groups excluding carboxylic acids is 2. The molecule has 0 unspecified atom stereocenters. The number of hydrogen-bond acceptors (Lipinski definition) is 4. The molecule has 5 heteroatoms. The Morgan fingerprint density at radius 1 is 0.963 bits per heavy atom. The highest BCUT2D eigenvalue weighted by molar-refractivity contribution is 6.95. The Morgan fingerprint density at radius 2 is 1.56 bits per heavy atom. The Labute approximate surface area is 165 Å². The summed E-state index contributed by atoms with van der Waals surface area (Å²) in [5.41, 5.74) is 2.78. The highest BCUT2D eigenvalue weighted by atomic mass is 28.3. The van der Waals surface area contributed by atoms with Crippen LogP contribution < -0.4 is 0 Å². The molecule has 1 aliphatic heterocycles. The zero-order valence-electron chi connectivity index (χ0n) is 18.2. The maximum Gasteiger partial charge on any atom is 0.338 e. The largest absolute Gasteiger partial charge is 0.466 e. The molecular weight excluding hydrogens is 356 g/mol. The fraction of sp³-hybridized carbons (Fsp3) is 0.636. The van der Waals surface area contributed by atoms with E-state index in [0.29, 0.717) is 10.8 Å². The van der Waals surface area contributed by atoms with Crippen LogP contribution in [0.25, 0.3) is 0 Å². The molecule has 0 bridgehead atoms. The number of methoxy groups -OCH3 is 2. The summed E-state index contributed by atoms with van der Waals surface area (Å²) in [7, 11) is 0.381. The zero-order valence-corrected chi connectivity index (χ0v) is 19.2. The lowest BCUT2D eigenvalue weighted by atomic mass is 9.96. The molecule has 0 saturated carbocycles. The van der Waals surface area contributed by atoms with Crippen LogP contribution in [0.15, 0.2) is 33.2 Å². The van der Waals surface area contributed by atoms with Crippen LogP contribution in [-0.4, -0.2) is 34.2 Å². The third kappa shape index (κ3) is 5.22. The van der Waals surface area contributed by atoms with Crippen molar-refractivity contribution in [1.29, 1.82) is 0 Å². The topological polar surface area (TPSA) is 52.6 Å². The van der Waals surface area contributed by atoms with Gasteiger partial charge in [-0.1, -0.05) is 63.6 Å². The summed E-state index contributed by atoms with van der Waals surface area (Å²) >= 11 is 0. The number of rotatable bonds is 9. The van der Waals surface area contributed by atoms with E-state index >= 15 is 0 Å². The smallest absolute Gasteiger partial charge is 0.338 e. The van der Waals surface area contributed by atoms with Gasteiger partial charge in [-0.3, -0.25) is 0 Å². The van der Waals surface area contributed by atoms with Crippen LogP contribution in [0.5, 0.6) is 0 Å². The van der Waals surface area contributed by atoms with Crippen molar-refractivity contribution >= 4 is 20.0 Å². The highest BCUT2D eigenvalue weighted by Crippen LogP contribution is 2.41. The molecule has 0 amide bonds. The van der Waals surface area contributed by atoms with E-state index in [0.717, 1.165) is 50.5 Å². The Balaban J connectivity index is 3.76. The Hall–Kier alpha value is -1.62. The van der Waals surface area contributed by atoms with E-state index in [1.165, 1.54) is 25.0 Å². The molecule has 0 atom stereocenters. The minimum Gasteiger partial charge on any atom is -0.466 e. The number of esters is 2. The summed E-state index contributed by atoms with van der Waals surface area (Å²) < 4.78 is 10.2. The van der Waals surface area contributed by atoms with E-state index < -0.39 is 20.0 Å². The minimum atomic E-state index is -2.38. The summed E-state index contributed by atoms with van der Waals surface area (Å²) in [4.78, 5) is 25.5. The van der Waals surface area contributed by atoms with Gasteiger partial charge in [-0.2, -0.15) is 0 Å². The third-order valence-electron chi connectivity index (χ3n) is 5.41. The van der Waals surface area contributed by atoms with Gasteiger partial charge in [-0.25, -0.2) is 9.59 Å². The van der Waals surface area contributed by atoms with E-state index in [-0.39, 0.29) is 0 Å². The Kier molecular flexibility index (Phi) is 9.23. The lowest BCUT2D eigenvalue weighted by molar-refractivity contribution is -0.138. The molecule has 152 valence electrons. The van der Waals surface area contributed by atoms with Gasteiger partial charge < -0.3 is 9.47 Å². The van der Waals surface area contributed by atoms with Crippen molar-refractivity contribution in [3.63, 3.8) is 0 Å². The molecule has 4 nitrogen and oxygen atoms in total. The number of ether oxygens (including phenoxy) is 2. The molecule has 1 heterocycles. The van der Waals surface area contributed by atoms with Crippen molar-refractivity contribution in [3.05, 3.63) is 33.2 Å². The zero-order chi connectivity index (χ0) is 20.6. The average molecular weight is 393 g/mol. The number of hydrogen-bond donors (Lipinski definition) is 0. The van der Waals surface area contributed by atoms with Gasteiger partial charge in [0, 0.05) is 5.20 Å². The summed E-state index contributed by atoms with van der Waals surface area (Å²) in [6, 6.07) is 0. The first-order chi connectivity index (χ1) is 12.8. The predicted molar refractivity (Wildman–Crippen MR) is 113 cm³/mol. The molecular formula is C22H36O4Si. The van der Waals surface area contributed by atoms with Crippen LogP contribution in [-0.2, 0) is 19.1 Å². The van der Waals surface area contributed by atoms with Crippen LogP contribution >= 0.6 is 0 Å². The monoisotopic (exact) mass is 392 g/mol. The quantitative estimate of drug-likeness (QED) is 0.387. The molecule has 1 rings (SSSR count). The molecule has 1 aliphatic rings. The van der Waals surface area contributed by atoms with Crippen LogP contribution in [0.4, 0.5) is 0 Å². The average Bonchev–Trinajstić information content (AvgIpc) is 2.66. The van der Waals surface area contributed by atoms with Crippen molar-refractivity contribution in [2.45, 2.75) is 78.8 Å². The Morgan fingerprint density at radius 3 is 2.04 bits per heavy atom. The summed E-state index contributed by atoms with van der Waals surface area (Å²) in [5.74, 6) is -0.818. The predicted octanol–water partition coefficient (Wildman–Crippen LogP) is 5.44. The molecule has 0 aromatic carbocycles. The third-order valence-corrected chi connectivity index (χ3v) is 8.96. The van der Waals surface area contributed by atoms with E-state index in [9.17, 15) is 9.59 Å². The van der Waals surface area contributed by atoms with Gasteiger partial charge in [0.25, 0.3) is 0 Å². The molecule has 0 N–H and O–H groups in total. The highest BCUT2D eigenvalue weighted by Gasteiger charge is 2.44. The minimum absolute atomic E-state index is 0.391. The second kappa shape index (κ2) is 10.6. The van der Waals surface area contributed by atoms with Crippen molar-refractivity contribution in [1.82, 2.24) is 0 Å². The van der Waals surface area contributed by atoms with Crippen LogP contribution in [0.2, 0.25) is 13.1 Å². The van der Waals surface area contributed by atoms with E-state index in [4.69, 9.17) is 9.47 Å². The van der Waals surface area contributed by atoms with Gasteiger partial charge in [0.15, 0.2) is 0 Å². The first-order valence-electron chi connectivity index (χ1n) is 10.1. The number of unbranched alkanes of at least 4 members (excludes halogenated alkanes) is 2. The lowest BCUT2D eigenvalue weighted by Crippen LogP contribution is -2.42. The van der Waals surface area contributed by atoms with Crippen molar-refractivity contribution in [3.8, 4) is 0 Å². The summed E-state index contributed by atoms with van der Waals surface area (Å²) in [6.07, 6.45) is 9.23. The molecule has 0 spiro atoms. The van der Waals surface area contributed by atoms with Gasteiger partial charge in [0.2, 0.25) is 0 Å². The fourth-order valence-electron chi connectivity index (χ4n) is 3.83. The molecule has 0 saturated heterocycles. The first kappa shape index (κ1) is 23.4. The van der Waals surface area contributed by atoms with Crippen LogP contribution in [0.1, 0.15) is 65.7 Å². The lowest BCUT2D eigenvalue weighted by Gasteiger charge is -2.35. The maximum atomic E-state index is 12.8. The molecule has 27 heavy (non-hydrogen) atoms. The van der Waals surface area contributed by atoms with Crippen LogP contribution in [0.3, 0.4) is 0 Å². The van der Waals surface area contributed by atoms with Crippen LogP contribution in [0, 0.1) is 0 Å². The molecule has 0 fully saturated rings. The summed E-state index contributed by atoms with van der Waals surface area (Å²) in [6.45, 7) is 10.8. The number of carbonyl (C=O) groups is 2. The van der Waals surface area contributed by atoms with Gasteiger partial charge in [0.1, 0.15) is 8.07 Å². The van der Waals surface area contributed by atoms with Gasteiger partial charge in [0.05, 0.1) is 19.8 Å². The standard InChI is InChI=1S/C22H36O4Si/c1-8-11-13-16(10-3)18-15-17(14-12-9-2)19(21(23)25-4)20(22(24)26-5)27(18,6)7/h15H,8-14H2,1-7H3/b18-16-. The molecule has 0 radical (unpaired) electrons.